The summed E-state index contributed by atoms with van der Waals surface area (Å²) in [6, 6.07) is 0. The number of H-pyrrole nitrogens is 1. The van der Waals surface area contributed by atoms with Crippen LogP contribution in [-0.2, 0) is 0 Å². The molecule has 5 N–H and O–H groups in total. The minimum Gasteiger partial charge on any atom is -0.390 e. The number of aliphatic hydroxyl groups is 2. The van der Waals surface area contributed by atoms with Crippen molar-refractivity contribution in [3.8, 4) is 0 Å². The van der Waals surface area contributed by atoms with Gasteiger partial charge in [-0.15, -0.1) is 0 Å². The van der Waals surface area contributed by atoms with Gasteiger partial charge in [0.2, 0.25) is 0 Å². The summed E-state index contributed by atoms with van der Waals surface area (Å²) < 4.78 is 0. The van der Waals surface area contributed by atoms with Gasteiger partial charge in [0.25, 0.3) is 0 Å². The first-order valence-corrected chi connectivity index (χ1v) is 5.09. The minimum atomic E-state index is -1.24. The van der Waals surface area contributed by atoms with E-state index in [2.05, 4.69) is 25.0 Å². The first kappa shape index (κ1) is 12.1. The van der Waals surface area contributed by atoms with Crippen LogP contribution < -0.4 is 5.73 Å². The average molecular weight is 249 g/mol. The Morgan fingerprint density at radius 1 is 1.50 bits per heavy atom. The monoisotopic (exact) mass is 249 g/mol. The average Bonchev–Trinajstić information content (AvgIpc) is 2.80. The highest BCUT2D eigenvalue weighted by atomic mass is 16.3. The highest BCUT2D eigenvalue weighted by molar-refractivity contribution is 5.89. The Hall–Kier alpha value is -2.35. The van der Waals surface area contributed by atoms with Crippen LogP contribution in [0.1, 0.15) is 11.7 Å². The molecule has 0 amide bonds. The van der Waals surface area contributed by atoms with Crippen LogP contribution in [0.5, 0.6) is 0 Å². The molecule has 2 rings (SSSR count). The molecule has 2 unspecified atom stereocenters. The molecule has 0 aliphatic rings. The first-order chi connectivity index (χ1) is 8.65. The molecule has 0 saturated heterocycles. The lowest BCUT2D eigenvalue weighted by Gasteiger charge is -2.15. The lowest BCUT2D eigenvalue weighted by atomic mass is 10.1. The van der Waals surface area contributed by atoms with Crippen LogP contribution in [-0.4, -0.2) is 37.8 Å². The molecule has 2 aromatic heterocycles. The number of aromatic nitrogens is 3. The molecule has 18 heavy (non-hydrogen) atoms. The van der Waals surface area contributed by atoms with Crippen LogP contribution in [0.3, 0.4) is 0 Å². The number of hydrogen-bond donors (Lipinski definition) is 4. The molecular formula is C9H11N7O2. The fourth-order valence-corrected chi connectivity index (χ4v) is 1.67. The standard InChI is InChI=1S/C9H11N7O2/c10-8-6-4(1-12-9(6)14-3-13-8)7(18)5(17)2-15-16-11/h1,3,5,7,17-18H,2H2,(H3,10,12,13,14). The van der Waals surface area contributed by atoms with E-state index in [1.165, 1.54) is 12.5 Å². The van der Waals surface area contributed by atoms with Crippen LogP contribution >= 0.6 is 0 Å². The molecule has 9 nitrogen and oxygen atoms in total. The van der Waals surface area contributed by atoms with Gasteiger partial charge in [0.05, 0.1) is 18.0 Å². The van der Waals surface area contributed by atoms with E-state index < -0.39 is 12.2 Å². The Balaban J connectivity index is 2.38. The van der Waals surface area contributed by atoms with E-state index in [-0.39, 0.29) is 12.4 Å². The molecule has 0 aromatic carbocycles. The maximum Gasteiger partial charge on any atom is 0.143 e. The molecule has 2 atom stereocenters. The number of aliphatic hydroxyl groups excluding tert-OH is 2. The van der Waals surface area contributed by atoms with Gasteiger partial charge in [-0.3, -0.25) is 0 Å². The summed E-state index contributed by atoms with van der Waals surface area (Å²) >= 11 is 0. The second kappa shape index (κ2) is 4.88. The number of rotatable bonds is 4. The third-order valence-electron chi connectivity index (χ3n) is 2.54. The smallest absolute Gasteiger partial charge is 0.143 e. The van der Waals surface area contributed by atoms with Crippen LogP contribution in [0, 0.1) is 0 Å². The SMILES string of the molecule is [N-]=[N+]=NCC(O)C(O)c1c[nH]c2ncnc(N)c12. The first-order valence-electron chi connectivity index (χ1n) is 5.09. The lowest BCUT2D eigenvalue weighted by Crippen LogP contribution is -2.21. The topological polar surface area (TPSA) is 157 Å². The molecule has 94 valence electrons. The summed E-state index contributed by atoms with van der Waals surface area (Å²) in [4.78, 5) is 13.1. The van der Waals surface area contributed by atoms with Crippen LogP contribution in [0.15, 0.2) is 17.6 Å². The van der Waals surface area contributed by atoms with Crippen molar-refractivity contribution in [3.63, 3.8) is 0 Å². The predicted molar refractivity (Wildman–Crippen MR) is 63.3 cm³/mol. The van der Waals surface area contributed by atoms with Crippen molar-refractivity contribution in [1.29, 1.82) is 0 Å². The quantitative estimate of drug-likeness (QED) is 0.347. The maximum atomic E-state index is 9.96. The fraction of sp³-hybridized carbons (Fsp3) is 0.333. The molecule has 0 radical (unpaired) electrons. The lowest BCUT2D eigenvalue weighted by molar-refractivity contribution is 0.0253. The number of aromatic amines is 1. The number of nitrogen functional groups attached to an aromatic ring is 1. The van der Waals surface area contributed by atoms with E-state index in [0.29, 0.717) is 16.6 Å². The molecule has 0 spiro atoms. The Bertz CT molecular complexity index is 604. The maximum absolute atomic E-state index is 9.96. The molecule has 2 aromatic rings. The largest absolute Gasteiger partial charge is 0.390 e. The van der Waals surface area contributed by atoms with Crippen LogP contribution in [0.4, 0.5) is 5.82 Å². The molecule has 0 fully saturated rings. The summed E-state index contributed by atoms with van der Waals surface area (Å²) in [5.74, 6) is 0.200. The summed E-state index contributed by atoms with van der Waals surface area (Å²) in [5.41, 5.74) is 14.7. The Kier molecular flexibility index (Phi) is 3.28. The van der Waals surface area contributed by atoms with Gasteiger partial charge in [-0.25, -0.2) is 9.97 Å². The van der Waals surface area contributed by atoms with Crippen molar-refractivity contribution in [2.45, 2.75) is 12.2 Å². The van der Waals surface area contributed by atoms with Crippen molar-refractivity contribution >= 4 is 16.9 Å². The van der Waals surface area contributed by atoms with E-state index in [1.54, 1.807) is 0 Å². The van der Waals surface area contributed by atoms with Crippen molar-refractivity contribution in [1.82, 2.24) is 15.0 Å². The summed E-state index contributed by atoms with van der Waals surface area (Å²) in [7, 11) is 0. The summed E-state index contributed by atoms with van der Waals surface area (Å²) in [6.07, 6.45) is 0.317. The highest BCUT2D eigenvalue weighted by Gasteiger charge is 2.22. The van der Waals surface area contributed by atoms with Crippen molar-refractivity contribution in [3.05, 3.63) is 28.5 Å². The van der Waals surface area contributed by atoms with E-state index in [1.807, 2.05) is 0 Å². The van der Waals surface area contributed by atoms with Crippen LogP contribution in [0.2, 0.25) is 0 Å². The molecule has 0 aliphatic carbocycles. The van der Waals surface area contributed by atoms with Gasteiger partial charge >= 0.3 is 0 Å². The number of nitrogens with one attached hydrogen (secondary N) is 1. The molecule has 2 heterocycles. The van der Waals surface area contributed by atoms with Gasteiger partial charge in [-0.2, -0.15) is 0 Å². The third kappa shape index (κ3) is 2.05. The van der Waals surface area contributed by atoms with E-state index in [4.69, 9.17) is 11.3 Å². The summed E-state index contributed by atoms with van der Waals surface area (Å²) in [5, 5.41) is 23.3. The number of nitrogens with zero attached hydrogens (tertiary/aromatic N) is 5. The molecule has 0 saturated carbocycles. The van der Waals surface area contributed by atoms with E-state index in [0.717, 1.165) is 0 Å². The van der Waals surface area contributed by atoms with E-state index in [9.17, 15) is 10.2 Å². The van der Waals surface area contributed by atoms with Gasteiger partial charge in [0.15, 0.2) is 0 Å². The van der Waals surface area contributed by atoms with Gasteiger partial charge in [0, 0.05) is 16.7 Å². The number of hydrogen-bond acceptors (Lipinski definition) is 6. The van der Waals surface area contributed by atoms with Crippen molar-refractivity contribution < 1.29 is 10.2 Å². The zero-order valence-corrected chi connectivity index (χ0v) is 9.22. The molecule has 0 bridgehead atoms. The fourth-order valence-electron chi connectivity index (χ4n) is 1.67. The van der Waals surface area contributed by atoms with Gasteiger partial charge in [-0.1, -0.05) is 5.11 Å². The predicted octanol–water partition coefficient (Wildman–Crippen LogP) is 0.245. The number of nitrogens with two attached hydrogens (primary N) is 1. The molecule has 9 heteroatoms. The number of azide groups is 1. The van der Waals surface area contributed by atoms with Crippen molar-refractivity contribution in [2.75, 3.05) is 12.3 Å². The van der Waals surface area contributed by atoms with Crippen molar-refractivity contribution in [2.24, 2.45) is 5.11 Å². The van der Waals surface area contributed by atoms with Gasteiger partial charge < -0.3 is 20.9 Å². The zero-order chi connectivity index (χ0) is 13.1. The zero-order valence-electron chi connectivity index (χ0n) is 9.22. The number of anilines is 1. The van der Waals surface area contributed by atoms with Gasteiger partial charge in [-0.05, 0) is 5.53 Å². The Labute approximate surface area is 101 Å². The normalized spacial score (nSPS) is 14.1. The Morgan fingerprint density at radius 3 is 3.00 bits per heavy atom. The number of fused-ring (bicyclic) bond motifs is 1. The highest BCUT2D eigenvalue weighted by Crippen LogP contribution is 2.28. The van der Waals surface area contributed by atoms with Gasteiger partial charge in [0.1, 0.15) is 23.9 Å². The second-order valence-corrected chi connectivity index (χ2v) is 3.65. The summed E-state index contributed by atoms with van der Waals surface area (Å²) in [6.45, 7) is -0.238. The second-order valence-electron chi connectivity index (χ2n) is 3.65. The Morgan fingerprint density at radius 2 is 2.28 bits per heavy atom. The third-order valence-corrected chi connectivity index (χ3v) is 2.54. The minimum absolute atomic E-state index is 0.200. The van der Waals surface area contributed by atoms with E-state index >= 15 is 0 Å². The molecule has 0 aliphatic heterocycles. The molecular weight excluding hydrogens is 238 g/mol. The van der Waals surface area contributed by atoms with Crippen LogP contribution in [0.25, 0.3) is 21.5 Å².